The van der Waals surface area contributed by atoms with Crippen molar-refractivity contribution in [3.05, 3.63) is 107 Å². The van der Waals surface area contributed by atoms with Crippen LogP contribution in [0.4, 0.5) is 5.69 Å². The Balaban J connectivity index is 1.92. The first-order valence-corrected chi connectivity index (χ1v) is 11.5. The molecule has 178 valence electrons. The number of carbonyl (C=O) groups is 1. The van der Waals surface area contributed by atoms with Crippen molar-refractivity contribution < 1.29 is 14.3 Å². The number of ether oxygens (including phenoxy) is 2. The van der Waals surface area contributed by atoms with Gasteiger partial charge in [-0.05, 0) is 74.2 Å². The van der Waals surface area contributed by atoms with Gasteiger partial charge in [0.2, 0.25) is 0 Å². The normalized spacial score (nSPS) is 10.9. The minimum Gasteiger partial charge on any atom is -0.490 e. The Morgan fingerprint density at radius 2 is 1.83 bits per heavy atom. The predicted molar refractivity (Wildman–Crippen MR) is 140 cm³/mol. The molecule has 3 rings (SSSR count). The van der Waals surface area contributed by atoms with Crippen LogP contribution in [-0.2, 0) is 17.8 Å². The summed E-state index contributed by atoms with van der Waals surface area (Å²) in [5, 5.41) is 12.5. The van der Waals surface area contributed by atoms with Crippen molar-refractivity contribution in [3.63, 3.8) is 0 Å². The summed E-state index contributed by atoms with van der Waals surface area (Å²) in [5.41, 5.74) is 5.41. The highest BCUT2D eigenvalue weighted by molar-refractivity contribution is 6.09. The number of benzene rings is 3. The Morgan fingerprint density at radius 1 is 1.06 bits per heavy atom. The summed E-state index contributed by atoms with van der Waals surface area (Å²) in [6.45, 7) is 10.6. The number of amides is 1. The number of anilines is 1. The molecule has 0 atom stereocenters. The number of hydrogen-bond acceptors (Lipinski definition) is 4. The number of nitrogens with one attached hydrogen (secondary N) is 1. The number of hydrogen-bond donors (Lipinski definition) is 1. The molecule has 3 aromatic carbocycles. The summed E-state index contributed by atoms with van der Waals surface area (Å²) in [4.78, 5) is 12.8. The van der Waals surface area contributed by atoms with Crippen LogP contribution in [0.15, 0.2) is 78.9 Å². The lowest BCUT2D eigenvalue weighted by Gasteiger charge is -2.17. The highest BCUT2D eigenvalue weighted by Crippen LogP contribution is 2.35. The van der Waals surface area contributed by atoms with Gasteiger partial charge < -0.3 is 14.8 Å². The van der Waals surface area contributed by atoms with E-state index in [1.165, 1.54) is 5.56 Å². The Kier molecular flexibility index (Phi) is 8.86. The maximum Gasteiger partial charge on any atom is 0.266 e. The van der Waals surface area contributed by atoms with E-state index < -0.39 is 5.91 Å². The average molecular weight is 467 g/mol. The Labute approximate surface area is 207 Å². The van der Waals surface area contributed by atoms with Gasteiger partial charge in [-0.2, -0.15) is 5.26 Å². The largest absolute Gasteiger partial charge is 0.490 e. The minimum atomic E-state index is -0.471. The molecule has 35 heavy (non-hydrogen) atoms. The molecule has 0 aliphatic carbocycles. The average Bonchev–Trinajstić information content (AvgIpc) is 2.83. The molecule has 0 aromatic heterocycles. The second-order valence-electron chi connectivity index (χ2n) is 8.20. The lowest BCUT2D eigenvalue weighted by molar-refractivity contribution is -0.112. The van der Waals surface area contributed by atoms with Crippen molar-refractivity contribution in [1.82, 2.24) is 0 Å². The minimum absolute atomic E-state index is 0.00756. The molecule has 0 fully saturated rings. The Hall–Kier alpha value is -4.30. The molecule has 5 heteroatoms. The van der Waals surface area contributed by atoms with Crippen LogP contribution in [0, 0.1) is 25.2 Å². The summed E-state index contributed by atoms with van der Waals surface area (Å²) in [5.74, 6) is 0.717. The topological polar surface area (TPSA) is 71.4 Å². The monoisotopic (exact) mass is 466 g/mol. The fourth-order valence-electron chi connectivity index (χ4n) is 3.58. The van der Waals surface area contributed by atoms with Gasteiger partial charge in [0.25, 0.3) is 5.91 Å². The van der Waals surface area contributed by atoms with Crippen LogP contribution in [0.5, 0.6) is 11.5 Å². The zero-order chi connectivity index (χ0) is 25.2. The molecule has 0 unspecified atom stereocenters. The second-order valence-corrected chi connectivity index (χ2v) is 8.20. The molecule has 3 aromatic rings. The smallest absolute Gasteiger partial charge is 0.266 e. The molecule has 0 aliphatic heterocycles. The van der Waals surface area contributed by atoms with Gasteiger partial charge in [-0.25, -0.2) is 0 Å². The molecule has 0 aliphatic rings. The zero-order valence-corrected chi connectivity index (χ0v) is 20.4. The number of rotatable bonds is 10. The van der Waals surface area contributed by atoms with E-state index in [2.05, 4.69) is 11.9 Å². The summed E-state index contributed by atoms with van der Waals surface area (Å²) >= 11 is 0. The first-order valence-electron chi connectivity index (χ1n) is 11.5. The van der Waals surface area contributed by atoms with Crippen LogP contribution in [0.3, 0.4) is 0 Å². The molecule has 0 radical (unpaired) electrons. The van der Waals surface area contributed by atoms with Gasteiger partial charge in [-0.1, -0.05) is 48.0 Å². The highest BCUT2D eigenvalue weighted by atomic mass is 16.5. The van der Waals surface area contributed by atoms with Crippen molar-refractivity contribution in [2.45, 2.75) is 33.8 Å². The summed E-state index contributed by atoms with van der Waals surface area (Å²) < 4.78 is 12.1. The Morgan fingerprint density at radius 3 is 2.49 bits per heavy atom. The van der Waals surface area contributed by atoms with Crippen molar-refractivity contribution in [2.24, 2.45) is 0 Å². The van der Waals surface area contributed by atoms with Crippen molar-refractivity contribution >= 4 is 17.7 Å². The number of aryl methyl sites for hydroxylation is 2. The number of nitriles is 1. The number of carbonyl (C=O) groups excluding carboxylic acids is 1. The second kappa shape index (κ2) is 12.2. The van der Waals surface area contributed by atoms with Crippen molar-refractivity contribution in [2.75, 3.05) is 11.9 Å². The Bertz CT molecular complexity index is 1270. The third-order valence-electron chi connectivity index (χ3n) is 5.27. The third kappa shape index (κ3) is 7.09. The quantitative estimate of drug-likeness (QED) is 0.209. The summed E-state index contributed by atoms with van der Waals surface area (Å²) in [7, 11) is 0. The molecule has 0 heterocycles. The van der Waals surface area contributed by atoms with E-state index in [0.717, 1.165) is 16.7 Å². The molecule has 1 amide bonds. The van der Waals surface area contributed by atoms with Crippen LogP contribution in [0.1, 0.15) is 34.7 Å². The first kappa shape index (κ1) is 25.3. The van der Waals surface area contributed by atoms with E-state index in [-0.39, 0.29) is 5.57 Å². The lowest BCUT2D eigenvalue weighted by atomic mass is 10.0. The van der Waals surface area contributed by atoms with Gasteiger partial charge in [0.1, 0.15) is 18.2 Å². The van der Waals surface area contributed by atoms with Crippen LogP contribution in [-0.4, -0.2) is 12.5 Å². The molecule has 5 nitrogen and oxygen atoms in total. The summed E-state index contributed by atoms with van der Waals surface area (Å²) in [6.07, 6.45) is 3.89. The van der Waals surface area contributed by atoms with Crippen molar-refractivity contribution in [3.8, 4) is 17.6 Å². The number of allylic oxidation sites excluding steroid dienone is 1. The molecule has 0 bridgehead atoms. The molecule has 1 N–H and O–H groups in total. The molecule has 0 saturated carbocycles. The van der Waals surface area contributed by atoms with Gasteiger partial charge >= 0.3 is 0 Å². The zero-order valence-electron chi connectivity index (χ0n) is 20.4. The third-order valence-corrected chi connectivity index (χ3v) is 5.27. The van der Waals surface area contributed by atoms with Crippen molar-refractivity contribution in [1.29, 1.82) is 5.26 Å². The predicted octanol–water partition coefficient (Wildman–Crippen LogP) is 6.56. The highest BCUT2D eigenvalue weighted by Gasteiger charge is 2.15. The number of nitrogens with zero attached hydrogens (tertiary/aromatic N) is 1. The van der Waals surface area contributed by atoms with Crippen LogP contribution < -0.4 is 14.8 Å². The van der Waals surface area contributed by atoms with Gasteiger partial charge in [0, 0.05) is 11.3 Å². The fraction of sp³-hybridized carbons (Fsp3) is 0.200. The van der Waals surface area contributed by atoms with E-state index in [1.807, 2.05) is 75.4 Å². The van der Waals surface area contributed by atoms with Gasteiger partial charge in [-0.15, -0.1) is 6.58 Å². The maximum absolute atomic E-state index is 12.8. The summed E-state index contributed by atoms with van der Waals surface area (Å²) in [6, 6.07) is 21.3. The SMILES string of the molecule is C=CCc1cc(/C=C(\C#N)C(=O)Nc2cccc(C)c2)cc(OCC)c1OCc1ccc(C)cc1. The van der Waals surface area contributed by atoms with E-state index in [4.69, 9.17) is 9.47 Å². The molecular formula is C30H30N2O3. The van der Waals surface area contributed by atoms with Gasteiger partial charge in [-0.3, -0.25) is 4.79 Å². The molecular weight excluding hydrogens is 436 g/mol. The van der Waals surface area contributed by atoms with Gasteiger partial charge in [0.15, 0.2) is 11.5 Å². The standard InChI is InChI=1S/C30H30N2O3/c1-5-8-25-16-24(17-26(19-31)30(33)32-27-10-7-9-22(4)15-27)18-28(34-6-2)29(25)35-20-23-13-11-21(3)12-14-23/h5,7,9-18H,1,6,8,20H2,2-4H3,(H,32,33)/b26-17+. The maximum atomic E-state index is 12.8. The fourth-order valence-corrected chi connectivity index (χ4v) is 3.58. The van der Waals surface area contributed by atoms with E-state index in [0.29, 0.717) is 42.4 Å². The molecule has 0 spiro atoms. The van der Waals surface area contributed by atoms with Crippen LogP contribution >= 0.6 is 0 Å². The first-order chi connectivity index (χ1) is 16.9. The van der Waals surface area contributed by atoms with Crippen LogP contribution in [0.2, 0.25) is 0 Å². The lowest BCUT2D eigenvalue weighted by Crippen LogP contribution is -2.13. The van der Waals surface area contributed by atoms with E-state index in [1.54, 1.807) is 24.3 Å². The van der Waals surface area contributed by atoms with E-state index in [9.17, 15) is 10.1 Å². The van der Waals surface area contributed by atoms with E-state index >= 15 is 0 Å². The van der Waals surface area contributed by atoms with Gasteiger partial charge in [0.05, 0.1) is 6.61 Å². The van der Waals surface area contributed by atoms with Crippen LogP contribution in [0.25, 0.3) is 6.08 Å². The molecule has 0 saturated heterocycles.